The molecule has 3 aromatic heterocycles. The van der Waals surface area contributed by atoms with Gasteiger partial charge in [0, 0.05) is 77.9 Å². The van der Waals surface area contributed by atoms with Crippen LogP contribution < -0.4 is 5.32 Å². The summed E-state index contributed by atoms with van der Waals surface area (Å²) in [4.78, 5) is 9.03. The van der Waals surface area contributed by atoms with E-state index in [1.807, 2.05) is 23.6 Å². The van der Waals surface area contributed by atoms with Crippen LogP contribution in [-0.2, 0) is 7.05 Å². The maximum atomic E-state index is 4.75. The molecule has 0 amide bonds. The topological polar surface area (TPSA) is 42.2 Å². The second kappa shape index (κ2) is 11.0. The molecule has 232 valence electrons. The van der Waals surface area contributed by atoms with E-state index in [2.05, 4.69) is 149 Å². The maximum Gasteiger partial charge on any atom is 0.105 e. The van der Waals surface area contributed by atoms with Crippen molar-refractivity contribution in [3.05, 3.63) is 163 Å². The van der Waals surface area contributed by atoms with Gasteiger partial charge in [-0.25, -0.2) is 0 Å². The summed E-state index contributed by atoms with van der Waals surface area (Å²) in [7, 11) is 2.17. The fourth-order valence-electron chi connectivity index (χ4n) is 7.83. The molecular formula is C44H30N4S. The molecule has 4 nitrogen and oxygen atoms in total. The SMILES string of the molecule is C1=NC2C(=C(c3cccnc3)N1)c1ccccc1-c1ccccc12.Cn1c2ccccc2c2cc3ccc4c5ccccc5sc4c3cc21. The van der Waals surface area contributed by atoms with Gasteiger partial charge < -0.3 is 9.88 Å². The molecule has 11 rings (SSSR count). The van der Waals surface area contributed by atoms with Gasteiger partial charge in [0.15, 0.2) is 0 Å². The van der Waals surface area contributed by atoms with Gasteiger partial charge in [-0.15, -0.1) is 11.3 Å². The van der Waals surface area contributed by atoms with Crippen LogP contribution in [0.2, 0.25) is 0 Å². The van der Waals surface area contributed by atoms with Gasteiger partial charge in [-0.3, -0.25) is 9.98 Å². The van der Waals surface area contributed by atoms with Crippen molar-refractivity contribution in [1.29, 1.82) is 0 Å². The predicted octanol–water partition coefficient (Wildman–Crippen LogP) is 11.2. The summed E-state index contributed by atoms with van der Waals surface area (Å²) in [6.45, 7) is 0. The molecule has 5 heteroatoms. The van der Waals surface area contributed by atoms with E-state index in [1.165, 1.54) is 80.6 Å². The molecule has 6 aromatic carbocycles. The average Bonchev–Trinajstić information content (AvgIpc) is 3.69. The predicted molar refractivity (Wildman–Crippen MR) is 208 cm³/mol. The number of nitrogens with zero attached hydrogens (tertiary/aromatic N) is 3. The Morgan fingerprint density at radius 2 is 1.41 bits per heavy atom. The Hall–Kier alpha value is -6.04. The molecule has 1 unspecified atom stereocenters. The lowest BCUT2D eigenvalue weighted by Gasteiger charge is -2.32. The molecule has 1 aliphatic carbocycles. The number of aryl methyl sites for hydroxylation is 1. The van der Waals surface area contributed by atoms with Gasteiger partial charge in [0.25, 0.3) is 0 Å². The molecule has 1 aliphatic heterocycles. The Kier molecular flexibility index (Phi) is 6.30. The average molecular weight is 647 g/mol. The Labute approximate surface area is 287 Å². The van der Waals surface area contributed by atoms with Crippen LogP contribution in [0.5, 0.6) is 0 Å². The van der Waals surface area contributed by atoms with Gasteiger partial charge in [-0.2, -0.15) is 0 Å². The maximum absolute atomic E-state index is 4.75. The first-order valence-corrected chi connectivity index (χ1v) is 17.4. The van der Waals surface area contributed by atoms with E-state index in [0.29, 0.717) is 0 Å². The van der Waals surface area contributed by atoms with Crippen LogP contribution in [0.25, 0.3) is 75.1 Å². The number of thiophene rings is 1. The number of benzene rings is 6. The first kappa shape index (κ1) is 28.0. The summed E-state index contributed by atoms with van der Waals surface area (Å²) in [5, 5.41) is 11.4. The fraction of sp³-hybridized carbons (Fsp3) is 0.0455. The van der Waals surface area contributed by atoms with Crippen LogP contribution in [-0.4, -0.2) is 15.9 Å². The zero-order chi connectivity index (χ0) is 32.5. The first-order valence-electron chi connectivity index (χ1n) is 16.6. The standard InChI is InChI=1S/C23H15NS.C21H15N3/c1-24-20-8-4-2-6-15(20)19-12-14-10-11-17-16-7-3-5-9-22(16)25-23(17)18(14)13-21(19)24;1-3-9-17-15(7-1)16-8-2-4-10-18(16)21-19(17)20(23-13-24-21)14-6-5-11-22-12-14/h2-13H,1H3;1-13,21H,(H,23,24). The third-order valence-electron chi connectivity index (χ3n) is 10.1. The van der Waals surface area contributed by atoms with Crippen LogP contribution >= 0.6 is 11.3 Å². The zero-order valence-corrected chi connectivity index (χ0v) is 27.6. The number of aromatic nitrogens is 2. The van der Waals surface area contributed by atoms with E-state index >= 15 is 0 Å². The Morgan fingerprint density at radius 3 is 2.29 bits per heavy atom. The molecule has 1 N–H and O–H groups in total. The number of rotatable bonds is 1. The van der Waals surface area contributed by atoms with Gasteiger partial charge in [0.05, 0.1) is 12.0 Å². The van der Waals surface area contributed by atoms with Gasteiger partial charge in [0.1, 0.15) is 6.04 Å². The Balaban J connectivity index is 0.000000125. The Bertz CT molecular complexity index is 2820. The monoisotopic (exact) mass is 646 g/mol. The minimum Gasteiger partial charge on any atom is -0.346 e. The summed E-state index contributed by atoms with van der Waals surface area (Å²) in [6.07, 6.45) is 5.50. The zero-order valence-electron chi connectivity index (χ0n) is 26.8. The van der Waals surface area contributed by atoms with Crippen molar-refractivity contribution in [2.45, 2.75) is 6.04 Å². The molecule has 4 heterocycles. The van der Waals surface area contributed by atoms with Crippen molar-refractivity contribution < 1.29 is 0 Å². The molecule has 0 saturated carbocycles. The molecule has 9 aromatic rings. The molecule has 0 spiro atoms. The van der Waals surface area contributed by atoms with E-state index in [-0.39, 0.29) is 6.04 Å². The lowest BCUT2D eigenvalue weighted by atomic mass is 9.77. The highest BCUT2D eigenvalue weighted by molar-refractivity contribution is 7.26. The molecular weight excluding hydrogens is 617 g/mol. The van der Waals surface area contributed by atoms with Crippen LogP contribution in [0.3, 0.4) is 0 Å². The molecule has 49 heavy (non-hydrogen) atoms. The molecule has 1 atom stereocenters. The Morgan fingerprint density at radius 1 is 0.633 bits per heavy atom. The minimum atomic E-state index is 0.0209. The summed E-state index contributed by atoms with van der Waals surface area (Å²) in [6, 6.07) is 47.9. The van der Waals surface area contributed by atoms with Crippen molar-refractivity contribution in [1.82, 2.24) is 14.9 Å². The lowest BCUT2D eigenvalue weighted by molar-refractivity contribution is 0.905. The second-order valence-corrected chi connectivity index (χ2v) is 13.7. The van der Waals surface area contributed by atoms with E-state index in [9.17, 15) is 0 Å². The van der Waals surface area contributed by atoms with Crippen LogP contribution in [0, 0.1) is 0 Å². The van der Waals surface area contributed by atoms with Crippen molar-refractivity contribution >= 4 is 81.7 Å². The normalized spacial score (nSPS) is 14.8. The van der Waals surface area contributed by atoms with Gasteiger partial charge in [-0.05, 0) is 64.0 Å². The summed E-state index contributed by atoms with van der Waals surface area (Å²) in [5.74, 6) is 0. The van der Waals surface area contributed by atoms with Crippen molar-refractivity contribution in [3.8, 4) is 11.1 Å². The minimum absolute atomic E-state index is 0.0209. The van der Waals surface area contributed by atoms with Gasteiger partial charge >= 0.3 is 0 Å². The summed E-state index contributed by atoms with van der Waals surface area (Å²) >= 11 is 1.90. The lowest BCUT2D eigenvalue weighted by Crippen LogP contribution is -2.22. The van der Waals surface area contributed by atoms with Gasteiger partial charge in [0.2, 0.25) is 0 Å². The highest BCUT2D eigenvalue weighted by Gasteiger charge is 2.32. The number of fused-ring (bicyclic) bond motifs is 14. The third-order valence-corrected chi connectivity index (χ3v) is 11.3. The number of hydrogen-bond acceptors (Lipinski definition) is 4. The summed E-state index contributed by atoms with van der Waals surface area (Å²) in [5.41, 5.74) is 11.0. The molecule has 0 saturated heterocycles. The largest absolute Gasteiger partial charge is 0.346 e. The van der Waals surface area contributed by atoms with E-state index in [0.717, 1.165) is 11.3 Å². The van der Waals surface area contributed by atoms with Gasteiger partial charge in [-0.1, -0.05) is 97.1 Å². The second-order valence-electron chi connectivity index (χ2n) is 12.7. The molecule has 2 aliphatic rings. The van der Waals surface area contributed by atoms with Crippen LogP contribution in [0.15, 0.2) is 151 Å². The number of nitrogens with one attached hydrogen (secondary N) is 1. The smallest absolute Gasteiger partial charge is 0.105 e. The van der Waals surface area contributed by atoms with Crippen LogP contribution in [0.1, 0.15) is 22.7 Å². The third kappa shape index (κ3) is 4.29. The number of para-hydroxylation sites is 1. The van der Waals surface area contributed by atoms with Crippen molar-refractivity contribution in [2.75, 3.05) is 0 Å². The van der Waals surface area contributed by atoms with E-state index < -0.39 is 0 Å². The highest BCUT2D eigenvalue weighted by Crippen LogP contribution is 2.50. The first-order chi connectivity index (χ1) is 24.2. The molecule has 0 fully saturated rings. The van der Waals surface area contributed by atoms with E-state index in [4.69, 9.17) is 4.99 Å². The quantitative estimate of drug-likeness (QED) is 0.193. The number of pyridine rings is 1. The molecule has 0 radical (unpaired) electrons. The van der Waals surface area contributed by atoms with Crippen molar-refractivity contribution in [3.63, 3.8) is 0 Å². The molecule has 0 bridgehead atoms. The van der Waals surface area contributed by atoms with Crippen molar-refractivity contribution in [2.24, 2.45) is 12.0 Å². The summed E-state index contributed by atoms with van der Waals surface area (Å²) < 4.78 is 5.07. The fourth-order valence-corrected chi connectivity index (χ4v) is 9.06. The van der Waals surface area contributed by atoms with E-state index in [1.54, 1.807) is 12.5 Å². The highest BCUT2D eigenvalue weighted by atomic mass is 32.1. The number of aliphatic imine (C=N–C) groups is 1. The number of hydrogen-bond donors (Lipinski definition) is 1. The van der Waals surface area contributed by atoms with Crippen LogP contribution in [0.4, 0.5) is 0 Å².